The molecule has 5 nitrogen and oxygen atoms in total. The van der Waals surface area contributed by atoms with Crippen LogP contribution in [-0.4, -0.2) is 34.2 Å². The van der Waals surface area contributed by atoms with Gasteiger partial charge in [0.25, 0.3) is 0 Å². The number of carbonyl (C=O) groups is 2. The largest absolute Gasteiger partial charge is 0.477 e. The fraction of sp³-hybridized carbons (Fsp3) is 0.520. The molecule has 2 aliphatic carbocycles. The zero-order valence-corrected chi connectivity index (χ0v) is 19.4. The van der Waals surface area contributed by atoms with E-state index in [2.05, 4.69) is 6.92 Å². The van der Waals surface area contributed by atoms with E-state index >= 15 is 0 Å². The third kappa shape index (κ3) is 5.11. The summed E-state index contributed by atoms with van der Waals surface area (Å²) in [6, 6.07) is 4.88. The standard InChI is InChI=1S/C25H29F2NO4S/c1-14-2-4-15(5-3-14)24(30)28(17-7-9-18(29)10-8-17)21-13-22(33-23(21)25(31)32)16-6-11-19(26)20(27)12-16/h6,11-15,17-18,29H,2-5,7-10H2,1H3,(H,31,32). The van der Waals surface area contributed by atoms with Crippen molar-refractivity contribution >= 4 is 28.9 Å². The number of carbonyl (C=O) groups excluding carboxylic acids is 1. The second kappa shape index (κ2) is 9.89. The summed E-state index contributed by atoms with van der Waals surface area (Å²) in [5, 5.41) is 19.9. The fourth-order valence-corrected chi connectivity index (χ4v) is 6.01. The number of aromatic carboxylic acids is 1. The SMILES string of the molecule is CC1CCC(C(=O)N(c2cc(-c3ccc(F)c(F)c3)sc2C(=O)O)C2CCC(O)CC2)CC1. The van der Waals surface area contributed by atoms with E-state index in [1.165, 1.54) is 6.07 Å². The molecular weight excluding hydrogens is 448 g/mol. The number of amides is 1. The number of nitrogens with zero attached hydrogens (tertiary/aromatic N) is 1. The van der Waals surface area contributed by atoms with Gasteiger partial charge in [-0.1, -0.05) is 13.0 Å². The molecule has 0 unspecified atom stereocenters. The first kappa shape index (κ1) is 23.8. The summed E-state index contributed by atoms with van der Waals surface area (Å²) in [6.45, 7) is 2.18. The Morgan fingerprint density at radius 2 is 1.64 bits per heavy atom. The van der Waals surface area contributed by atoms with E-state index in [0.717, 1.165) is 49.2 Å². The maximum atomic E-state index is 13.8. The molecule has 1 amide bonds. The zero-order chi connectivity index (χ0) is 23.7. The lowest BCUT2D eigenvalue weighted by molar-refractivity contribution is -0.124. The van der Waals surface area contributed by atoms with Crippen LogP contribution in [0, 0.1) is 23.5 Å². The van der Waals surface area contributed by atoms with Crippen molar-refractivity contribution < 1.29 is 28.6 Å². The topological polar surface area (TPSA) is 77.8 Å². The molecule has 1 aromatic heterocycles. The highest BCUT2D eigenvalue weighted by Crippen LogP contribution is 2.42. The predicted octanol–water partition coefficient (Wildman–Crippen LogP) is 5.85. The van der Waals surface area contributed by atoms with Gasteiger partial charge >= 0.3 is 5.97 Å². The van der Waals surface area contributed by atoms with Crippen molar-refractivity contribution in [3.05, 3.63) is 40.8 Å². The van der Waals surface area contributed by atoms with Gasteiger partial charge in [-0.15, -0.1) is 11.3 Å². The highest BCUT2D eigenvalue weighted by molar-refractivity contribution is 7.18. The number of benzene rings is 1. The van der Waals surface area contributed by atoms with E-state index in [4.69, 9.17) is 0 Å². The van der Waals surface area contributed by atoms with Crippen molar-refractivity contribution in [1.82, 2.24) is 0 Å². The lowest BCUT2D eigenvalue weighted by Crippen LogP contribution is -2.47. The first-order valence-electron chi connectivity index (χ1n) is 11.6. The summed E-state index contributed by atoms with van der Waals surface area (Å²) in [7, 11) is 0. The van der Waals surface area contributed by atoms with Crippen LogP contribution in [-0.2, 0) is 4.79 Å². The van der Waals surface area contributed by atoms with E-state index in [1.807, 2.05) is 0 Å². The van der Waals surface area contributed by atoms with Crippen molar-refractivity contribution in [1.29, 1.82) is 0 Å². The Balaban J connectivity index is 1.75. The van der Waals surface area contributed by atoms with Crippen LogP contribution in [0.4, 0.5) is 14.5 Å². The highest BCUT2D eigenvalue weighted by atomic mass is 32.1. The van der Waals surface area contributed by atoms with Gasteiger partial charge in [0.05, 0.1) is 11.8 Å². The molecule has 178 valence electrons. The van der Waals surface area contributed by atoms with Gasteiger partial charge in [-0.25, -0.2) is 13.6 Å². The van der Waals surface area contributed by atoms with Crippen LogP contribution in [0.3, 0.4) is 0 Å². The van der Waals surface area contributed by atoms with Gasteiger partial charge < -0.3 is 15.1 Å². The number of aliphatic hydroxyl groups is 1. The molecule has 2 N–H and O–H groups in total. The van der Waals surface area contributed by atoms with Gasteiger partial charge in [-0.3, -0.25) is 4.79 Å². The van der Waals surface area contributed by atoms with Crippen LogP contribution in [0.5, 0.6) is 0 Å². The molecule has 0 atom stereocenters. The summed E-state index contributed by atoms with van der Waals surface area (Å²) in [5.41, 5.74) is 0.683. The van der Waals surface area contributed by atoms with Crippen LogP contribution in [0.15, 0.2) is 24.3 Å². The van der Waals surface area contributed by atoms with E-state index in [1.54, 1.807) is 11.0 Å². The Hall–Kier alpha value is -2.32. The maximum absolute atomic E-state index is 13.8. The molecule has 2 saturated carbocycles. The van der Waals surface area contributed by atoms with E-state index in [-0.39, 0.29) is 22.7 Å². The van der Waals surface area contributed by atoms with Crippen LogP contribution in [0.1, 0.15) is 68.0 Å². The zero-order valence-electron chi connectivity index (χ0n) is 18.6. The average Bonchev–Trinajstić information content (AvgIpc) is 3.23. The molecular formula is C25H29F2NO4S. The summed E-state index contributed by atoms with van der Waals surface area (Å²) in [4.78, 5) is 28.1. The van der Waals surface area contributed by atoms with E-state index < -0.39 is 23.7 Å². The molecule has 0 radical (unpaired) electrons. The Morgan fingerprint density at radius 1 is 0.970 bits per heavy atom. The second-order valence-electron chi connectivity index (χ2n) is 9.39. The molecule has 2 aliphatic rings. The predicted molar refractivity (Wildman–Crippen MR) is 124 cm³/mol. The van der Waals surface area contributed by atoms with Gasteiger partial charge in [0.2, 0.25) is 5.91 Å². The molecule has 2 aromatic rings. The Kier molecular flexibility index (Phi) is 7.14. The molecule has 0 aliphatic heterocycles. The minimum absolute atomic E-state index is 0.0124. The summed E-state index contributed by atoms with van der Waals surface area (Å²) >= 11 is 0.961. The summed E-state index contributed by atoms with van der Waals surface area (Å²) < 4.78 is 27.3. The fourth-order valence-electron chi connectivity index (χ4n) is 5.02. The molecule has 0 saturated heterocycles. The lowest BCUT2D eigenvalue weighted by Gasteiger charge is -2.38. The van der Waals surface area contributed by atoms with Gasteiger partial charge in [-0.05, 0) is 81.0 Å². The monoisotopic (exact) mass is 477 g/mol. The third-order valence-electron chi connectivity index (χ3n) is 7.00. The first-order valence-corrected chi connectivity index (χ1v) is 12.4. The Bertz CT molecular complexity index is 1020. The average molecular weight is 478 g/mol. The Morgan fingerprint density at radius 3 is 2.24 bits per heavy atom. The number of carboxylic acid groups (broad SMARTS) is 1. The molecule has 2 fully saturated rings. The minimum Gasteiger partial charge on any atom is -0.477 e. The van der Waals surface area contributed by atoms with Gasteiger partial charge in [-0.2, -0.15) is 0 Å². The number of thiophene rings is 1. The number of anilines is 1. The summed E-state index contributed by atoms with van der Waals surface area (Å²) in [5.74, 6) is -2.80. The molecule has 0 bridgehead atoms. The van der Waals surface area contributed by atoms with E-state index in [9.17, 15) is 28.6 Å². The normalized spacial score (nSPS) is 25.6. The van der Waals surface area contributed by atoms with Crippen molar-refractivity contribution in [3.63, 3.8) is 0 Å². The van der Waals surface area contributed by atoms with Crippen molar-refractivity contribution in [3.8, 4) is 10.4 Å². The number of carboxylic acids is 1. The quantitative estimate of drug-likeness (QED) is 0.566. The second-order valence-corrected chi connectivity index (χ2v) is 10.4. The van der Waals surface area contributed by atoms with E-state index in [0.29, 0.717) is 47.7 Å². The number of aliphatic hydroxyl groups excluding tert-OH is 1. The molecule has 0 spiro atoms. The number of hydrogen-bond donors (Lipinski definition) is 2. The Labute approximate surface area is 196 Å². The molecule has 1 heterocycles. The van der Waals surface area contributed by atoms with Crippen molar-refractivity contribution in [2.45, 2.75) is 70.4 Å². The van der Waals surface area contributed by atoms with Crippen molar-refractivity contribution in [2.75, 3.05) is 4.90 Å². The maximum Gasteiger partial charge on any atom is 0.348 e. The van der Waals surface area contributed by atoms with Gasteiger partial charge in [0.1, 0.15) is 4.88 Å². The smallest absolute Gasteiger partial charge is 0.348 e. The number of rotatable bonds is 5. The highest BCUT2D eigenvalue weighted by Gasteiger charge is 2.37. The molecule has 33 heavy (non-hydrogen) atoms. The first-order chi connectivity index (χ1) is 15.7. The van der Waals surface area contributed by atoms with Crippen molar-refractivity contribution in [2.24, 2.45) is 11.8 Å². The molecule has 8 heteroatoms. The van der Waals surface area contributed by atoms with Crippen LogP contribution in [0.2, 0.25) is 0 Å². The summed E-state index contributed by atoms with van der Waals surface area (Å²) in [6.07, 6.45) is 5.34. The number of hydrogen-bond acceptors (Lipinski definition) is 4. The molecule has 4 rings (SSSR count). The molecule has 1 aromatic carbocycles. The lowest BCUT2D eigenvalue weighted by atomic mass is 9.81. The third-order valence-corrected chi connectivity index (χ3v) is 8.17. The van der Waals surface area contributed by atoms with Crippen LogP contribution < -0.4 is 4.90 Å². The van der Waals surface area contributed by atoms with Gasteiger partial charge in [0.15, 0.2) is 11.6 Å². The number of halogens is 2. The van der Waals surface area contributed by atoms with Crippen LogP contribution in [0.25, 0.3) is 10.4 Å². The minimum atomic E-state index is -1.16. The van der Waals surface area contributed by atoms with Gasteiger partial charge in [0, 0.05) is 16.8 Å². The van der Waals surface area contributed by atoms with Crippen LogP contribution >= 0.6 is 11.3 Å².